The van der Waals surface area contributed by atoms with Crippen LogP contribution >= 0.6 is 0 Å². The number of benzene rings is 3. The quantitative estimate of drug-likeness (QED) is 0.0535. The first-order valence-corrected chi connectivity index (χ1v) is 20.9. The summed E-state index contributed by atoms with van der Waals surface area (Å²) in [7, 11) is 0. The first-order chi connectivity index (χ1) is 26.2. The van der Waals surface area contributed by atoms with E-state index in [-0.39, 0.29) is 38.4 Å². The maximum Gasteiger partial charge on any atom is 0.306 e. The number of carbonyl (C=O) groups excluding carboxylic acids is 2. The Morgan fingerprint density at radius 1 is 0.519 bits per heavy atom. The fourth-order valence-electron chi connectivity index (χ4n) is 6.70. The second kappa shape index (κ2) is 24.9. The van der Waals surface area contributed by atoms with Crippen LogP contribution in [-0.4, -0.2) is 63.8 Å². The summed E-state index contributed by atoms with van der Waals surface area (Å²) in [5.74, 6) is 1.86. The molecule has 54 heavy (non-hydrogen) atoms. The molecule has 0 fully saturated rings. The standard InChI is InChI=1S/C46H70O8/c1-9-15-19-35(13-5)27-49-29-37(53-43(47)17-11-3)31-51-45-39-23-21-34(8)26-42(39)46(40-24-22-33(7)25-41(40)45)52-32-38(54-44(48)18-12-4)30-50-28-36(14-6)20-16-10-2/h21-26,35-38H,9-20,27-32H2,1-8H3. The lowest BCUT2D eigenvalue weighted by atomic mass is 9.97. The van der Waals surface area contributed by atoms with Gasteiger partial charge < -0.3 is 28.4 Å². The van der Waals surface area contributed by atoms with Gasteiger partial charge in [0.25, 0.3) is 0 Å². The van der Waals surface area contributed by atoms with Crippen molar-refractivity contribution in [2.45, 2.75) is 145 Å². The Morgan fingerprint density at radius 2 is 0.926 bits per heavy atom. The number of fused-ring (bicyclic) bond motifs is 2. The van der Waals surface area contributed by atoms with Gasteiger partial charge in [0.15, 0.2) is 12.2 Å². The maximum absolute atomic E-state index is 12.7. The van der Waals surface area contributed by atoms with Crippen molar-refractivity contribution < 1.29 is 38.0 Å². The Kier molecular flexibility index (Phi) is 20.8. The van der Waals surface area contributed by atoms with Gasteiger partial charge in [0.1, 0.15) is 24.7 Å². The van der Waals surface area contributed by atoms with E-state index in [1.54, 1.807) is 0 Å². The van der Waals surface area contributed by atoms with Crippen molar-refractivity contribution in [3.8, 4) is 11.5 Å². The summed E-state index contributed by atoms with van der Waals surface area (Å²) in [6, 6.07) is 12.5. The van der Waals surface area contributed by atoms with Gasteiger partial charge in [-0.05, 0) is 63.5 Å². The van der Waals surface area contributed by atoms with Crippen LogP contribution < -0.4 is 9.47 Å². The molecule has 3 aromatic carbocycles. The summed E-state index contributed by atoms with van der Waals surface area (Å²) < 4.78 is 37.6. The first kappa shape index (κ1) is 45.0. The lowest BCUT2D eigenvalue weighted by molar-refractivity contribution is -0.155. The highest BCUT2D eigenvalue weighted by atomic mass is 16.6. The van der Waals surface area contributed by atoms with Gasteiger partial charge in [0.2, 0.25) is 0 Å². The molecule has 4 atom stereocenters. The van der Waals surface area contributed by atoms with Crippen LogP contribution in [0, 0.1) is 25.7 Å². The van der Waals surface area contributed by atoms with Gasteiger partial charge in [-0.25, -0.2) is 0 Å². The number of hydrogen-bond acceptors (Lipinski definition) is 8. The van der Waals surface area contributed by atoms with Crippen LogP contribution in [-0.2, 0) is 28.5 Å². The molecule has 0 heterocycles. The summed E-state index contributed by atoms with van der Waals surface area (Å²) in [6.07, 6.45) is 10.0. The number of aryl methyl sites for hydroxylation is 2. The first-order valence-electron chi connectivity index (χ1n) is 20.9. The van der Waals surface area contributed by atoms with E-state index < -0.39 is 12.2 Å². The van der Waals surface area contributed by atoms with E-state index in [0.29, 0.717) is 62.2 Å². The molecule has 0 bridgehead atoms. The van der Waals surface area contributed by atoms with Crippen LogP contribution in [0.25, 0.3) is 21.5 Å². The highest BCUT2D eigenvalue weighted by molar-refractivity contribution is 6.11. The molecule has 0 spiro atoms. The molecule has 8 heteroatoms. The normalized spacial score (nSPS) is 13.8. The summed E-state index contributed by atoms with van der Waals surface area (Å²) in [6.45, 7) is 19.0. The highest BCUT2D eigenvalue weighted by Crippen LogP contribution is 2.44. The Hall–Kier alpha value is -3.36. The Balaban J connectivity index is 1.94. The van der Waals surface area contributed by atoms with Gasteiger partial charge in [0, 0.05) is 47.6 Å². The summed E-state index contributed by atoms with van der Waals surface area (Å²) in [4.78, 5) is 25.4. The van der Waals surface area contributed by atoms with Gasteiger partial charge in [-0.2, -0.15) is 0 Å². The third-order valence-corrected chi connectivity index (χ3v) is 10.1. The molecule has 0 radical (unpaired) electrons. The van der Waals surface area contributed by atoms with Crippen LogP contribution in [0.1, 0.15) is 130 Å². The molecule has 0 aliphatic rings. The predicted octanol–water partition coefficient (Wildman–Crippen LogP) is 11.3. The van der Waals surface area contributed by atoms with E-state index in [0.717, 1.165) is 71.2 Å². The smallest absolute Gasteiger partial charge is 0.306 e. The molecule has 0 aromatic heterocycles. The van der Waals surface area contributed by atoms with E-state index in [4.69, 9.17) is 28.4 Å². The van der Waals surface area contributed by atoms with Gasteiger partial charge >= 0.3 is 11.9 Å². The number of carbonyl (C=O) groups is 2. The molecule has 3 aromatic rings. The zero-order valence-electron chi connectivity index (χ0n) is 34.8. The minimum Gasteiger partial charge on any atom is -0.488 e. The van der Waals surface area contributed by atoms with Crippen molar-refractivity contribution in [2.75, 3.05) is 39.6 Å². The summed E-state index contributed by atoms with van der Waals surface area (Å²) in [5, 5.41) is 3.56. The minimum absolute atomic E-state index is 0.150. The van der Waals surface area contributed by atoms with Crippen molar-refractivity contribution in [2.24, 2.45) is 11.8 Å². The number of ether oxygens (including phenoxy) is 6. The Labute approximate surface area is 325 Å². The van der Waals surface area contributed by atoms with E-state index in [9.17, 15) is 9.59 Å². The largest absolute Gasteiger partial charge is 0.488 e. The van der Waals surface area contributed by atoms with E-state index in [1.165, 1.54) is 12.8 Å². The predicted molar refractivity (Wildman–Crippen MR) is 220 cm³/mol. The number of unbranched alkanes of at least 4 members (excludes halogenated alkanes) is 2. The number of hydrogen-bond donors (Lipinski definition) is 0. The van der Waals surface area contributed by atoms with Gasteiger partial charge in [-0.15, -0.1) is 0 Å². The molecule has 0 amide bonds. The lowest BCUT2D eigenvalue weighted by Gasteiger charge is -2.24. The topological polar surface area (TPSA) is 89.5 Å². The molecule has 8 nitrogen and oxygen atoms in total. The molecule has 0 aliphatic heterocycles. The van der Waals surface area contributed by atoms with Crippen LogP contribution in [0.3, 0.4) is 0 Å². The molecular formula is C46H70O8. The van der Waals surface area contributed by atoms with Gasteiger partial charge in [-0.3, -0.25) is 9.59 Å². The van der Waals surface area contributed by atoms with Crippen LogP contribution in [0.4, 0.5) is 0 Å². The Morgan fingerprint density at radius 3 is 1.28 bits per heavy atom. The zero-order valence-corrected chi connectivity index (χ0v) is 34.8. The molecule has 0 N–H and O–H groups in total. The SMILES string of the molecule is CCCCC(CC)COCC(COc1c2ccc(C)cc2c(OCC(COCC(CC)CCCC)OC(=O)CCC)c2ccc(C)cc12)OC(=O)CCC. The third-order valence-electron chi connectivity index (χ3n) is 10.1. The molecule has 0 saturated carbocycles. The lowest BCUT2D eigenvalue weighted by Crippen LogP contribution is -2.31. The van der Waals surface area contributed by atoms with Gasteiger partial charge in [-0.1, -0.05) is 115 Å². The molecular weight excluding hydrogens is 680 g/mol. The van der Waals surface area contributed by atoms with E-state index in [2.05, 4.69) is 77.9 Å². The maximum atomic E-state index is 12.7. The Bertz CT molecular complexity index is 1440. The van der Waals surface area contributed by atoms with Crippen LogP contribution in [0.2, 0.25) is 0 Å². The fraction of sp³-hybridized carbons (Fsp3) is 0.652. The van der Waals surface area contributed by atoms with Crippen LogP contribution in [0.5, 0.6) is 11.5 Å². The second-order valence-corrected chi connectivity index (χ2v) is 15.0. The van der Waals surface area contributed by atoms with Crippen molar-refractivity contribution in [3.63, 3.8) is 0 Å². The number of rotatable bonds is 28. The van der Waals surface area contributed by atoms with E-state index >= 15 is 0 Å². The molecule has 0 aliphatic carbocycles. The van der Waals surface area contributed by atoms with Gasteiger partial charge in [0.05, 0.1) is 13.2 Å². The molecule has 3 rings (SSSR count). The zero-order chi connectivity index (χ0) is 39.3. The third kappa shape index (κ3) is 14.7. The van der Waals surface area contributed by atoms with Crippen molar-refractivity contribution in [1.82, 2.24) is 0 Å². The highest BCUT2D eigenvalue weighted by Gasteiger charge is 2.23. The van der Waals surface area contributed by atoms with Crippen molar-refractivity contribution >= 4 is 33.5 Å². The van der Waals surface area contributed by atoms with Crippen molar-refractivity contribution in [3.05, 3.63) is 47.5 Å². The van der Waals surface area contributed by atoms with E-state index in [1.807, 2.05) is 13.8 Å². The molecule has 4 unspecified atom stereocenters. The number of esters is 2. The average Bonchev–Trinajstić information content (AvgIpc) is 3.15. The average molecular weight is 751 g/mol. The molecule has 302 valence electrons. The molecule has 0 saturated heterocycles. The fourth-order valence-corrected chi connectivity index (χ4v) is 6.70. The van der Waals surface area contributed by atoms with Crippen molar-refractivity contribution in [1.29, 1.82) is 0 Å². The monoisotopic (exact) mass is 751 g/mol. The van der Waals surface area contributed by atoms with Crippen LogP contribution in [0.15, 0.2) is 36.4 Å². The minimum atomic E-state index is -0.558. The summed E-state index contributed by atoms with van der Waals surface area (Å²) in [5.41, 5.74) is 2.15. The summed E-state index contributed by atoms with van der Waals surface area (Å²) >= 11 is 0. The second-order valence-electron chi connectivity index (χ2n) is 15.0.